The SMILES string of the molecule is CC(OC(=O)O[C@@H]1CC[C@H]2[C@@H]3CCC4=CC(=O)C=C[C@]4(C)[C@@]3(F)CC[C@]12C)C(O)C(=O)OCCCl. The van der Waals surface area contributed by atoms with Crippen molar-refractivity contribution in [1.29, 1.82) is 0 Å². The Hall–Kier alpha value is -1.93. The van der Waals surface area contributed by atoms with Crippen LogP contribution < -0.4 is 0 Å². The van der Waals surface area contributed by atoms with E-state index in [-0.39, 0.29) is 30.1 Å². The molecule has 0 amide bonds. The number of aliphatic hydroxyl groups is 1. The van der Waals surface area contributed by atoms with Crippen LogP contribution in [0.15, 0.2) is 23.8 Å². The number of allylic oxidation sites excluding steroid dienone is 4. The van der Waals surface area contributed by atoms with Gasteiger partial charge in [-0.3, -0.25) is 4.79 Å². The zero-order chi connectivity index (χ0) is 25.6. The maximum atomic E-state index is 16.9. The Balaban J connectivity index is 1.43. The molecular formula is C26H34ClFO7. The van der Waals surface area contributed by atoms with E-state index in [0.29, 0.717) is 32.1 Å². The molecular weight excluding hydrogens is 479 g/mol. The molecule has 8 atom stereocenters. The molecule has 35 heavy (non-hydrogen) atoms. The molecule has 0 spiro atoms. The number of carbonyl (C=O) groups excluding carboxylic acids is 3. The van der Waals surface area contributed by atoms with E-state index >= 15 is 4.39 Å². The van der Waals surface area contributed by atoms with Gasteiger partial charge in [0.25, 0.3) is 0 Å². The summed E-state index contributed by atoms with van der Waals surface area (Å²) in [5, 5.41) is 10.0. The third-order valence-corrected chi connectivity index (χ3v) is 9.26. The topological polar surface area (TPSA) is 99.1 Å². The summed E-state index contributed by atoms with van der Waals surface area (Å²) < 4.78 is 32.5. The molecule has 0 aromatic carbocycles. The van der Waals surface area contributed by atoms with E-state index in [1.807, 2.05) is 6.92 Å². The monoisotopic (exact) mass is 512 g/mol. The van der Waals surface area contributed by atoms with Gasteiger partial charge < -0.3 is 19.3 Å². The normalized spacial score (nSPS) is 39.4. The van der Waals surface area contributed by atoms with Crippen LogP contribution in [0.5, 0.6) is 0 Å². The number of esters is 1. The number of fused-ring (bicyclic) bond motifs is 5. The first kappa shape index (κ1) is 26.1. The van der Waals surface area contributed by atoms with Gasteiger partial charge in [-0.25, -0.2) is 14.0 Å². The van der Waals surface area contributed by atoms with Crippen molar-refractivity contribution >= 4 is 29.5 Å². The Labute approximate surface area is 210 Å². The lowest BCUT2D eigenvalue weighted by atomic mass is 9.47. The largest absolute Gasteiger partial charge is 0.508 e. The number of hydrogen-bond donors (Lipinski definition) is 1. The molecule has 0 saturated heterocycles. The number of hydrogen-bond acceptors (Lipinski definition) is 7. The minimum absolute atomic E-state index is 0.0250. The van der Waals surface area contributed by atoms with Gasteiger partial charge in [0.05, 0.1) is 5.88 Å². The van der Waals surface area contributed by atoms with Crippen LogP contribution >= 0.6 is 11.6 Å². The third-order valence-electron chi connectivity index (χ3n) is 9.10. The standard InChI is InChI=1S/C26H34ClFO7/c1-15(21(30)22(31)33-13-12-27)34-23(32)35-20-7-6-18-19-5-4-16-14-17(29)8-9-25(16,3)26(19,28)11-10-24(18,20)2/h8-9,14-15,18-21,30H,4-7,10-13H2,1-3H3/t15?,18-,19-,20+,21?,24-,25-,26+/m0/s1. The van der Waals surface area contributed by atoms with Crippen LogP contribution in [-0.4, -0.2) is 59.5 Å². The first-order chi connectivity index (χ1) is 16.5. The van der Waals surface area contributed by atoms with Gasteiger partial charge in [-0.1, -0.05) is 18.6 Å². The van der Waals surface area contributed by atoms with E-state index in [2.05, 4.69) is 6.92 Å². The molecule has 3 saturated carbocycles. The number of ketones is 1. The van der Waals surface area contributed by atoms with Crippen LogP contribution in [0.25, 0.3) is 0 Å². The van der Waals surface area contributed by atoms with Crippen molar-refractivity contribution in [3.63, 3.8) is 0 Å². The molecule has 194 valence electrons. The average molecular weight is 513 g/mol. The maximum absolute atomic E-state index is 16.9. The number of rotatable bonds is 6. The molecule has 4 aliphatic rings. The second kappa shape index (κ2) is 9.51. The Bertz CT molecular complexity index is 950. The van der Waals surface area contributed by atoms with Crippen LogP contribution in [0, 0.1) is 22.7 Å². The fourth-order valence-corrected chi connectivity index (χ4v) is 7.09. The van der Waals surface area contributed by atoms with Gasteiger partial charge in [0.15, 0.2) is 11.9 Å². The summed E-state index contributed by atoms with van der Waals surface area (Å²) in [6.07, 6.45) is 4.10. The third kappa shape index (κ3) is 4.31. The van der Waals surface area contributed by atoms with Crippen molar-refractivity contribution in [3.05, 3.63) is 23.8 Å². The number of carbonyl (C=O) groups is 3. The van der Waals surface area contributed by atoms with E-state index < -0.39 is 46.9 Å². The molecule has 3 fully saturated rings. The number of aliphatic hydroxyl groups excluding tert-OH is 1. The zero-order valence-electron chi connectivity index (χ0n) is 20.4. The summed E-state index contributed by atoms with van der Waals surface area (Å²) in [6.45, 7) is 5.27. The highest BCUT2D eigenvalue weighted by Gasteiger charge is 2.67. The number of alkyl halides is 2. The fourth-order valence-electron chi connectivity index (χ4n) is 7.01. The van der Waals surface area contributed by atoms with Crippen molar-refractivity contribution in [2.24, 2.45) is 22.7 Å². The molecule has 0 aliphatic heterocycles. The Morgan fingerprint density at radius 1 is 1.23 bits per heavy atom. The minimum Gasteiger partial charge on any atom is -0.462 e. The predicted molar refractivity (Wildman–Crippen MR) is 125 cm³/mol. The molecule has 7 nitrogen and oxygen atoms in total. The van der Waals surface area contributed by atoms with Crippen molar-refractivity contribution in [3.8, 4) is 0 Å². The summed E-state index contributed by atoms with van der Waals surface area (Å²) in [4.78, 5) is 36.2. The van der Waals surface area contributed by atoms with Gasteiger partial charge in [-0.05, 0) is 76.4 Å². The molecule has 0 aromatic rings. The van der Waals surface area contributed by atoms with Crippen LogP contribution in [0.3, 0.4) is 0 Å². The average Bonchev–Trinajstić information content (AvgIpc) is 3.14. The van der Waals surface area contributed by atoms with Crippen molar-refractivity contribution in [2.45, 2.75) is 83.3 Å². The molecule has 4 aliphatic carbocycles. The van der Waals surface area contributed by atoms with Gasteiger partial charge in [-0.2, -0.15) is 0 Å². The second-order valence-electron chi connectivity index (χ2n) is 10.8. The molecule has 0 aromatic heterocycles. The van der Waals surface area contributed by atoms with Gasteiger partial charge in [0, 0.05) is 10.8 Å². The summed E-state index contributed by atoms with van der Waals surface area (Å²) in [7, 11) is 0. The second-order valence-corrected chi connectivity index (χ2v) is 11.2. The summed E-state index contributed by atoms with van der Waals surface area (Å²) in [6, 6.07) is 0. The van der Waals surface area contributed by atoms with Crippen LogP contribution in [-0.2, 0) is 23.8 Å². The minimum atomic E-state index is -1.65. The molecule has 4 rings (SSSR count). The molecule has 2 unspecified atom stereocenters. The van der Waals surface area contributed by atoms with Crippen LogP contribution in [0.2, 0.25) is 0 Å². The molecule has 0 bridgehead atoms. The van der Waals surface area contributed by atoms with Crippen molar-refractivity contribution in [2.75, 3.05) is 12.5 Å². The number of halogens is 2. The van der Waals surface area contributed by atoms with Crippen molar-refractivity contribution in [1.82, 2.24) is 0 Å². The highest BCUT2D eigenvalue weighted by atomic mass is 35.5. The molecule has 0 radical (unpaired) electrons. The Morgan fingerprint density at radius 2 is 1.97 bits per heavy atom. The van der Waals surface area contributed by atoms with Crippen LogP contribution in [0.1, 0.15) is 59.3 Å². The predicted octanol–water partition coefficient (Wildman–Crippen LogP) is 4.44. The van der Waals surface area contributed by atoms with E-state index in [9.17, 15) is 19.5 Å². The lowest BCUT2D eigenvalue weighted by molar-refractivity contribution is -0.160. The first-order valence-corrected chi connectivity index (χ1v) is 12.9. The van der Waals surface area contributed by atoms with Crippen molar-refractivity contribution < 1.29 is 38.1 Å². The highest BCUT2D eigenvalue weighted by molar-refractivity contribution is 6.18. The summed E-state index contributed by atoms with van der Waals surface area (Å²) in [5.74, 6) is -1.10. The van der Waals surface area contributed by atoms with Gasteiger partial charge >= 0.3 is 12.1 Å². The van der Waals surface area contributed by atoms with Gasteiger partial charge in [0.1, 0.15) is 24.5 Å². The quantitative estimate of drug-likeness (QED) is 0.415. The Morgan fingerprint density at radius 3 is 2.69 bits per heavy atom. The van der Waals surface area contributed by atoms with Gasteiger partial charge in [0.2, 0.25) is 0 Å². The van der Waals surface area contributed by atoms with Gasteiger partial charge in [-0.15, -0.1) is 11.6 Å². The number of ether oxygens (including phenoxy) is 3. The van der Waals surface area contributed by atoms with E-state index in [0.717, 1.165) is 12.0 Å². The smallest absolute Gasteiger partial charge is 0.462 e. The zero-order valence-corrected chi connectivity index (χ0v) is 21.2. The lowest BCUT2D eigenvalue weighted by Crippen LogP contribution is -2.60. The van der Waals surface area contributed by atoms with Crippen LogP contribution in [0.4, 0.5) is 9.18 Å². The highest BCUT2D eigenvalue weighted by Crippen LogP contribution is 2.68. The molecule has 9 heteroatoms. The molecule has 0 heterocycles. The molecule has 1 N–H and O–H groups in total. The summed E-state index contributed by atoms with van der Waals surface area (Å²) >= 11 is 5.47. The first-order valence-electron chi connectivity index (χ1n) is 12.4. The maximum Gasteiger partial charge on any atom is 0.508 e. The van der Waals surface area contributed by atoms with E-state index in [1.54, 1.807) is 12.2 Å². The van der Waals surface area contributed by atoms with E-state index in [1.165, 1.54) is 13.0 Å². The fraction of sp³-hybridized carbons (Fsp3) is 0.731. The lowest BCUT2D eigenvalue weighted by Gasteiger charge is -2.60. The Kier molecular flexibility index (Phi) is 7.10. The summed E-state index contributed by atoms with van der Waals surface area (Å²) in [5.41, 5.74) is -1.80. The van der Waals surface area contributed by atoms with E-state index in [4.69, 9.17) is 25.8 Å².